The Morgan fingerprint density at radius 1 is 0.590 bits per heavy atom. The van der Waals surface area contributed by atoms with E-state index in [0.29, 0.717) is 17.4 Å². The van der Waals surface area contributed by atoms with Crippen molar-refractivity contribution in [2.24, 2.45) is 11.3 Å². The standard InChI is InChI=1S/C37H58O2/c1-23-16-17-37(22-36(23,14)15,24-18-26(32(2,3)4)30(38)27(19-24)33(5,6)7)25-20-28(34(8,9)10)31(39)29(21-25)35(11,12)13/h18-21,23,38-39H,16-17,22H2,1-15H3. The van der Waals surface area contributed by atoms with Gasteiger partial charge in [-0.1, -0.05) is 128 Å². The van der Waals surface area contributed by atoms with Crippen LogP contribution in [0.2, 0.25) is 0 Å². The molecule has 0 spiro atoms. The van der Waals surface area contributed by atoms with Crippen LogP contribution in [-0.2, 0) is 27.1 Å². The molecule has 39 heavy (non-hydrogen) atoms. The summed E-state index contributed by atoms with van der Waals surface area (Å²) in [6.07, 6.45) is 3.21. The van der Waals surface area contributed by atoms with Crippen LogP contribution in [0, 0.1) is 11.3 Å². The van der Waals surface area contributed by atoms with Crippen molar-refractivity contribution in [1.82, 2.24) is 0 Å². The summed E-state index contributed by atoms with van der Waals surface area (Å²) >= 11 is 0. The van der Waals surface area contributed by atoms with E-state index in [1.165, 1.54) is 11.1 Å². The highest BCUT2D eigenvalue weighted by Gasteiger charge is 2.47. The molecule has 2 N–H and O–H groups in total. The summed E-state index contributed by atoms with van der Waals surface area (Å²) in [6, 6.07) is 9.27. The van der Waals surface area contributed by atoms with Crippen LogP contribution < -0.4 is 0 Å². The van der Waals surface area contributed by atoms with Gasteiger partial charge in [-0.2, -0.15) is 0 Å². The van der Waals surface area contributed by atoms with Crippen LogP contribution in [0.1, 0.15) is 156 Å². The molecule has 0 aromatic heterocycles. The van der Waals surface area contributed by atoms with Gasteiger partial charge in [0.1, 0.15) is 11.5 Å². The molecule has 1 saturated carbocycles. The Morgan fingerprint density at radius 3 is 1.10 bits per heavy atom. The molecular weight excluding hydrogens is 476 g/mol. The van der Waals surface area contributed by atoms with Gasteiger partial charge in [-0.3, -0.25) is 0 Å². The summed E-state index contributed by atoms with van der Waals surface area (Å²) in [6.45, 7) is 33.7. The van der Waals surface area contributed by atoms with E-state index in [4.69, 9.17) is 0 Å². The molecule has 0 aliphatic heterocycles. The van der Waals surface area contributed by atoms with Crippen LogP contribution in [0.4, 0.5) is 0 Å². The van der Waals surface area contributed by atoms with Crippen molar-refractivity contribution in [1.29, 1.82) is 0 Å². The zero-order valence-corrected chi connectivity index (χ0v) is 27.9. The molecule has 0 bridgehead atoms. The van der Waals surface area contributed by atoms with Crippen LogP contribution in [0.3, 0.4) is 0 Å². The van der Waals surface area contributed by atoms with Crippen molar-refractivity contribution >= 4 is 0 Å². The van der Waals surface area contributed by atoms with Crippen LogP contribution in [-0.4, -0.2) is 10.2 Å². The van der Waals surface area contributed by atoms with Gasteiger partial charge in [0.2, 0.25) is 0 Å². The molecule has 2 heteroatoms. The monoisotopic (exact) mass is 534 g/mol. The molecule has 1 fully saturated rings. The fraction of sp³-hybridized carbons (Fsp3) is 0.676. The summed E-state index contributed by atoms with van der Waals surface area (Å²) in [5.41, 5.74) is 5.83. The van der Waals surface area contributed by atoms with E-state index in [1.54, 1.807) is 0 Å². The minimum absolute atomic E-state index is 0.140. The Balaban J connectivity index is 2.55. The number of rotatable bonds is 2. The van der Waals surface area contributed by atoms with Crippen molar-refractivity contribution in [2.45, 2.75) is 150 Å². The second-order valence-corrected chi connectivity index (χ2v) is 17.5. The van der Waals surface area contributed by atoms with Gasteiger partial charge < -0.3 is 10.2 Å². The first kappa shape index (κ1) is 31.6. The molecule has 218 valence electrons. The molecule has 1 aliphatic carbocycles. The average molecular weight is 535 g/mol. The van der Waals surface area contributed by atoms with Gasteiger partial charge in [0, 0.05) is 5.41 Å². The molecular formula is C37H58O2. The maximum absolute atomic E-state index is 11.6. The Bertz CT molecular complexity index is 1060. The third-order valence-corrected chi connectivity index (χ3v) is 9.65. The quantitative estimate of drug-likeness (QED) is 0.402. The minimum Gasteiger partial charge on any atom is -0.507 e. The van der Waals surface area contributed by atoms with Gasteiger partial charge in [0.15, 0.2) is 0 Å². The predicted molar refractivity (Wildman–Crippen MR) is 169 cm³/mol. The second kappa shape index (κ2) is 9.56. The van der Waals surface area contributed by atoms with E-state index in [1.807, 2.05) is 0 Å². The van der Waals surface area contributed by atoms with Gasteiger partial charge in [-0.25, -0.2) is 0 Å². The first-order valence-corrected chi connectivity index (χ1v) is 15.1. The molecule has 0 saturated heterocycles. The first-order valence-electron chi connectivity index (χ1n) is 15.1. The topological polar surface area (TPSA) is 40.5 Å². The van der Waals surface area contributed by atoms with Crippen molar-refractivity contribution in [2.75, 3.05) is 0 Å². The highest BCUT2D eigenvalue weighted by atomic mass is 16.3. The highest BCUT2D eigenvalue weighted by Crippen LogP contribution is 2.57. The third-order valence-electron chi connectivity index (χ3n) is 9.65. The number of hydrogen-bond acceptors (Lipinski definition) is 2. The lowest BCUT2D eigenvalue weighted by atomic mass is 9.54. The van der Waals surface area contributed by atoms with Gasteiger partial charge in [0.05, 0.1) is 0 Å². The smallest absolute Gasteiger partial charge is 0.123 e. The fourth-order valence-corrected chi connectivity index (χ4v) is 6.66. The van der Waals surface area contributed by atoms with Crippen molar-refractivity contribution in [3.05, 3.63) is 57.6 Å². The fourth-order valence-electron chi connectivity index (χ4n) is 6.66. The molecule has 1 atom stereocenters. The number of benzene rings is 2. The molecule has 1 aliphatic rings. The van der Waals surface area contributed by atoms with Crippen molar-refractivity contribution in [3.8, 4) is 11.5 Å². The Morgan fingerprint density at radius 2 is 0.872 bits per heavy atom. The normalized spacial score (nSPS) is 20.2. The molecule has 2 nitrogen and oxygen atoms in total. The summed E-state index contributed by atoms with van der Waals surface area (Å²) in [5.74, 6) is 1.50. The largest absolute Gasteiger partial charge is 0.507 e. The Labute approximate surface area is 240 Å². The number of phenols is 2. The van der Waals surface area contributed by atoms with Gasteiger partial charge in [-0.15, -0.1) is 0 Å². The lowest BCUT2D eigenvalue weighted by molar-refractivity contribution is 0.102. The molecule has 0 radical (unpaired) electrons. The molecule has 0 heterocycles. The van der Waals surface area contributed by atoms with Crippen molar-refractivity contribution in [3.63, 3.8) is 0 Å². The van der Waals surface area contributed by atoms with E-state index in [0.717, 1.165) is 41.5 Å². The second-order valence-electron chi connectivity index (χ2n) is 17.5. The van der Waals surface area contributed by atoms with E-state index >= 15 is 0 Å². The van der Waals surface area contributed by atoms with Crippen LogP contribution >= 0.6 is 0 Å². The van der Waals surface area contributed by atoms with Gasteiger partial charge in [0.25, 0.3) is 0 Å². The summed E-state index contributed by atoms with van der Waals surface area (Å²) < 4.78 is 0. The maximum Gasteiger partial charge on any atom is 0.123 e. The average Bonchev–Trinajstić information content (AvgIpc) is 2.72. The zero-order valence-electron chi connectivity index (χ0n) is 27.9. The maximum atomic E-state index is 11.6. The van der Waals surface area contributed by atoms with Crippen LogP contribution in [0.15, 0.2) is 24.3 Å². The van der Waals surface area contributed by atoms with Gasteiger partial charge in [-0.05, 0) is 85.6 Å². The lowest BCUT2D eigenvalue weighted by Gasteiger charge is -2.50. The summed E-state index contributed by atoms with van der Waals surface area (Å²) in [5, 5.41) is 23.2. The zero-order chi connectivity index (χ0) is 30.1. The molecule has 0 amide bonds. The Kier molecular flexibility index (Phi) is 7.74. The van der Waals surface area contributed by atoms with E-state index in [2.05, 4.69) is 128 Å². The molecule has 1 unspecified atom stereocenters. The molecule has 2 aromatic rings. The third kappa shape index (κ3) is 5.91. The summed E-state index contributed by atoms with van der Waals surface area (Å²) in [7, 11) is 0. The minimum atomic E-state index is -0.225. The molecule has 2 aromatic carbocycles. The Hall–Kier alpha value is -1.96. The first-order chi connectivity index (χ1) is 17.3. The highest BCUT2D eigenvalue weighted by molar-refractivity contribution is 5.57. The van der Waals surface area contributed by atoms with Crippen LogP contribution in [0.25, 0.3) is 0 Å². The van der Waals surface area contributed by atoms with Crippen LogP contribution in [0.5, 0.6) is 11.5 Å². The van der Waals surface area contributed by atoms with Crippen molar-refractivity contribution < 1.29 is 10.2 Å². The number of aromatic hydroxyl groups is 2. The number of hydrogen-bond donors (Lipinski definition) is 2. The van der Waals surface area contributed by atoms with Gasteiger partial charge >= 0.3 is 0 Å². The van der Waals surface area contributed by atoms with E-state index in [-0.39, 0.29) is 32.5 Å². The lowest BCUT2D eigenvalue weighted by Crippen LogP contribution is -2.42. The predicted octanol–water partition coefficient (Wildman–Crippen LogP) is 10.4. The summed E-state index contributed by atoms with van der Waals surface area (Å²) in [4.78, 5) is 0. The SMILES string of the molecule is CC1CCC(c2cc(C(C)(C)C)c(O)c(C(C)(C)C)c2)(c2cc(C(C)(C)C)c(O)c(C(C)(C)C)c2)CC1(C)C. The molecule has 3 rings (SSSR count). The number of phenolic OH excluding ortho intramolecular Hbond substituents is 2. The van der Waals surface area contributed by atoms with E-state index in [9.17, 15) is 10.2 Å². The van der Waals surface area contributed by atoms with E-state index < -0.39 is 0 Å².